The van der Waals surface area contributed by atoms with Crippen LogP contribution in [0.1, 0.15) is 32.9 Å². The lowest BCUT2D eigenvalue weighted by atomic mass is 10.1. The molecule has 0 spiro atoms. The zero-order chi connectivity index (χ0) is 17.1. The third-order valence-corrected chi connectivity index (χ3v) is 4.23. The maximum Gasteiger partial charge on any atom is 0.278 e. The highest BCUT2D eigenvalue weighted by Crippen LogP contribution is 2.19. The van der Waals surface area contributed by atoms with Crippen LogP contribution in [0.3, 0.4) is 0 Å². The molecule has 0 saturated heterocycles. The first kappa shape index (κ1) is 15.9. The standard InChI is InChI=1S/C19H20N4O/c1-13-8-7-11-17(14(13)2)20-19(24)18-15(3)23(22-21-18)12-16-9-5-4-6-10-16/h4-11H,12H2,1-3H3,(H,20,24). The Kier molecular flexibility index (Phi) is 4.42. The quantitative estimate of drug-likeness (QED) is 0.800. The van der Waals surface area contributed by atoms with E-state index in [1.165, 1.54) is 0 Å². The lowest BCUT2D eigenvalue weighted by Gasteiger charge is -2.09. The van der Waals surface area contributed by atoms with Crippen molar-refractivity contribution in [2.75, 3.05) is 5.32 Å². The Bertz CT molecular complexity index is 868. The van der Waals surface area contributed by atoms with Crippen LogP contribution >= 0.6 is 0 Å². The number of hydrogen-bond donors (Lipinski definition) is 1. The van der Waals surface area contributed by atoms with E-state index in [9.17, 15) is 4.79 Å². The predicted molar refractivity (Wildman–Crippen MR) is 94.2 cm³/mol. The van der Waals surface area contributed by atoms with Crippen molar-refractivity contribution in [2.24, 2.45) is 0 Å². The molecular formula is C19H20N4O. The summed E-state index contributed by atoms with van der Waals surface area (Å²) in [5, 5.41) is 11.1. The van der Waals surface area contributed by atoms with Crippen molar-refractivity contribution in [1.29, 1.82) is 0 Å². The summed E-state index contributed by atoms with van der Waals surface area (Å²) in [6.45, 7) is 6.47. The van der Waals surface area contributed by atoms with Crippen LogP contribution < -0.4 is 5.32 Å². The number of anilines is 1. The van der Waals surface area contributed by atoms with Crippen molar-refractivity contribution >= 4 is 11.6 Å². The number of amides is 1. The van der Waals surface area contributed by atoms with Gasteiger partial charge in [-0.3, -0.25) is 4.79 Å². The van der Waals surface area contributed by atoms with Gasteiger partial charge in [-0.1, -0.05) is 47.7 Å². The van der Waals surface area contributed by atoms with Crippen molar-refractivity contribution in [3.63, 3.8) is 0 Å². The molecule has 5 nitrogen and oxygen atoms in total. The first-order valence-electron chi connectivity index (χ1n) is 7.88. The van der Waals surface area contributed by atoms with Gasteiger partial charge in [-0.25, -0.2) is 4.68 Å². The van der Waals surface area contributed by atoms with Gasteiger partial charge in [0.05, 0.1) is 12.2 Å². The molecule has 24 heavy (non-hydrogen) atoms. The maximum absolute atomic E-state index is 12.5. The minimum Gasteiger partial charge on any atom is -0.320 e. The van der Waals surface area contributed by atoms with E-state index in [0.717, 1.165) is 28.1 Å². The monoisotopic (exact) mass is 320 g/mol. The van der Waals surface area contributed by atoms with Gasteiger partial charge in [-0.2, -0.15) is 0 Å². The van der Waals surface area contributed by atoms with E-state index in [4.69, 9.17) is 0 Å². The third-order valence-electron chi connectivity index (χ3n) is 4.23. The molecular weight excluding hydrogens is 300 g/mol. The molecule has 0 aliphatic carbocycles. The van der Waals surface area contributed by atoms with Crippen LogP contribution in [0.4, 0.5) is 5.69 Å². The molecule has 0 aliphatic heterocycles. The van der Waals surface area contributed by atoms with Gasteiger partial charge in [0, 0.05) is 5.69 Å². The van der Waals surface area contributed by atoms with E-state index >= 15 is 0 Å². The number of nitrogens with one attached hydrogen (secondary N) is 1. The van der Waals surface area contributed by atoms with Crippen molar-refractivity contribution in [2.45, 2.75) is 27.3 Å². The largest absolute Gasteiger partial charge is 0.320 e. The predicted octanol–water partition coefficient (Wildman–Crippen LogP) is 3.50. The van der Waals surface area contributed by atoms with E-state index < -0.39 is 0 Å². The molecule has 0 saturated carbocycles. The van der Waals surface area contributed by atoms with Crippen LogP contribution in [0, 0.1) is 20.8 Å². The van der Waals surface area contributed by atoms with Gasteiger partial charge in [0.15, 0.2) is 5.69 Å². The number of nitrogens with zero attached hydrogens (tertiary/aromatic N) is 3. The van der Waals surface area contributed by atoms with Gasteiger partial charge in [-0.05, 0) is 43.5 Å². The highest BCUT2D eigenvalue weighted by atomic mass is 16.2. The Morgan fingerprint density at radius 1 is 1.04 bits per heavy atom. The van der Waals surface area contributed by atoms with Crippen molar-refractivity contribution in [3.8, 4) is 0 Å². The lowest BCUT2D eigenvalue weighted by Crippen LogP contribution is -2.15. The smallest absolute Gasteiger partial charge is 0.278 e. The van der Waals surface area contributed by atoms with Crippen LogP contribution in [-0.4, -0.2) is 20.9 Å². The van der Waals surface area contributed by atoms with Gasteiger partial charge >= 0.3 is 0 Å². The lowest BCUT2D eigenvalue weighted by molar-refractivity contribution is 0.102. The van der Waals surface area contributed by atoms with Crippen molar-refractivity contribution in [1.82, 2.24) is 15.0 Å². The maximum atomic E-state index is 12.5. The summed E-state index contributed by atoms with van der Waals surface area (Å²) in [6, 6.07) is 15.8. The third kappa shape index (κ3) is 3.20. The van der Waals surface area contributed by atoms with E-state index in [2.05, 4.69) is 15.6 Å². The summed E-state index contributed by atoms with van der Waals surface area (Å²) >= 11 is 0. The Balaban J connectivity index is 1.80. The zero-order valence-electron chi connectivity index (χ0n) is 14.1. The molecule has 3 aromatic rings. The Labute approximate surface area is 141 Å². The second-order valence-corrected chi connectivity index (χ2v) is 5.87. The van der Waals surface area contributed by atoms with Crippen LogP contribution in [-0.2, 0) is 6.54 Å². The second-order valence-electron chi connectivity index (χ2n) is 5.87. The first-order valence-corrected chi connectivity index (χ1v) is 7.88. The molecule has 1 heterocycles. The number of aryl methyl sites for hydroxylation is 1. The van der Waals surface area contributed by atoms with Gasteiger partial charge in [-0.15, -0.1) is 5.10 Å². The summed E-state index contributed by atoms with van der Waals surface area (Å²) in [5.41, 5.74) is 5.22. The summed E-state index contributed by atoms with van der Waals surface area (Å²) in [6.07, 6.45) is 0. The van der Waals surface area contributed by atoms with Gasteiger partial charge < -0.3 is 5.32 Å². The molecule has 0 fully saturated rings. The second kappa shape index (κ2) is 6.66. The Morgan fingerprint density at radius 2 is 1.79 bits per heavy atom. The highest BCUT2D eigenvalue weighted by molar-refractivity contribution is 6.04. The van der Waals surface area contributed by atoms with Crippen LogP contribution in [0.15, 0.2) is 48.5 Å². The number of rotatable bonds is 4. The number of benzene rings is 2. The van der Waals surface area contributed by atoms with Crippen LogP contribution in [0.5, 0.6) is 0 Å². The molecule has 1 aromatic heterocycles. The van der Waals surface area contributed by atoms with Gasteiger partial charge in [0.1, 0.15) is 0 Å². The summed E-state index contributed by atoms with van der Waals surface area (Å²) in [4.78, 5) is 12.5. The normalized spacial score (nSPS) is 10.6. The average Bonchev–Trinajstić information content (AvgIpc) is 2.94. The van der Waals surface area contributed by atoms with Crippen molar-refractivity contribution < 1.29 is 4.79 Å². The summed E-state index contributed by atoms with van der Waals surface area (Å²) in [7, 11) is 0. The van der Waals surface area contributed by atoms with E-state index in [0.29, 0.717) is 12.2 Å². The highest BCUT2D eigenvalue weighted by Gasteiger charge is 2.17. The fourth-order valence-electron chi connectivity index (χ4n) is 2.54. The molecule has 2 aromatic carbocycles. The van der Waals surface area contributed by atoms with E-state index in [1.807, 2.05) is 69.3 Å². The molecule has 0 radical (unpaired) electrons. The van der Waals surface area contributed by atoms with E-state index in [-0.39, 0.29) is 5.91 Å². The van der Waals surface area contributed by atoms with Gasteiger partial charge in [0.25, 0.3) is 5.91 Å². The molecule has 0 unspecified atom stereocenters. The molecule has 5 heteroatoms. The number of carbonyl (C=O) groups excluding carboxylic acids is 1. The van der Waals surface area contributed by atoms with Crippen LogP contribution in [0.2, 0.25) is 0 Å². The minimum atomic E-state index is -0.236. The molecule has 1 N–H and O–H groups in total. The molecule has 1 amide bonds. The number of carbonyl (C=O) groups is 1. The molecule has 3 rings (SSSR count). The Morgan fingerprint density at radius 3 is 2.54 bits per heavy atom. The molecule has 0 bridgehead atoms. The topological polar surface area (TPSA) is 59.8 Å². The fraction of sp³-hybridized carbons (Fsp3) is 0.211. The molecule has 0 aliphatic rings. The molecule has 122 valence electrons. The Hall–Kier alpha value is -2.95. The van der Waals surface area contributed by atoms with E-state index in [1.54, 1.807) is 4.68 Å². The first-order chi connectivity index (χ1) is 11.6. The number of hydrogen-bond acceptors (Lipinski definition) is 3. The SMILES string of the molecule is Cc1cccc(NC(=O)c2nnn(Cc3ccccc3)c2C)c1C. The average molecular weight is 320 g/mol. The van der Waals surface area contributed by atoms with Gasteiger partial charge in [0.2, 0.25) is 0 Å². The van der Waals surface area contributed by atoms with Crippen molar-refractivity contribution in [3.05, 3.63) is 76.6 Å². The summed E-state index contributed by atoms with van der Waals surface area (Å²) < 4.78 is 1.74. The number of aromatic nitrogens is 3. The zero-order valence-corrected chi connectivity index (χ0v) is 14.1. The summed E-state index contributed by atoms with van der Waals surface area (Å²) in [5.74, 6) is -0.236. The fourth-order valence-corrected chi connectivity index (χ4v) is 2.54. The van der Waals surface area contributed by atoms with Crippen LogP contribution in [0.25, 0.3) is 0 Å². The minimum absolute atomic E-state index is 0.236. The molecule has 0 atom stereocenters.